The third kappa shape index (κ3) is 2.80. The lowest BCUT2D eigenvalue weighted by atomic mass is 10.0. The molecule has 0 radical (unpaired) electrons. The molecule has 12 nitrogen and oxygen atoms in total. The number of carboxylic acids is 2. The fourth-order valence-corrected chi connectivity index (χ4v) is 3.08. The molecule has 132 valence electrons. The molecule has 6 unspecified atom stereocenters. The summed E-state index contributed by atoms with van der Waals surface area (Å²) in [5.74, 6) is -3.16. The fraction of sp³-hybridized carbons (Fsp3) is 0.667. The Labute approximate surface area is 134 Å². The number of hydroxylamine groups is 2. The monoisotopic (exact) mass is 344 g/mol. The van der Waals surface area contributed by atoms with E-state index < -0.39 is 36.2 Å². The Morgan fingerprint density at radius 2 is 1.21 bits per heavy atom. The molecule has 2 amide bonds. The first-order valence-corrected chi connectivity index (χ1v) is 7.23. The van der Waals surface area contributed by atoms with Crippen molar-refractivity contribution in [2.45, 2.75) is 24.3 Å². The van der Waals surface area contributed by atoms with Crippen molar-refractivity contribution >= 4 is 23.8 Å². The molecule has 0 aromatic carbocycles. The first kappa shape index (κ1) is 16.6. The third-order valence-corrected chi connectivity index (χ3v) is 4.36. The summed E-state index contributed by atoms with van der Waals surface area (Å²) in [7, 11) is 0. The van der Waals surface area contributed by atoms with Gasteiger partial charge < -0.3 is 20.8 Å². The van der Waals surface area contributed by atoms with Gasteiger partial charge in [0, 0.05) is 13.1 Å². The molecule has 0 aromatic rings. The van der Waals surface area contributed by atoms with Crippen LogP contribution in [0.25, 0.3) is 0 Å². The van der Waals surface area contributed by atoms with E-state index in [0.29, 0.717) is 13.1 Å². The zero-order valence-electron chi connectivity index (χ0n) is 12.2. The number of hydrogen-bond acceptors (Lipinski definition) is 8. The van der Waals surface area contributed by atoms with Crippen LogP contribution >= 0.6 is 0 Å². The highest BCUT2D eigenvalue weighted by Gasteiger charge is 2.50. The lowest BCUT2D eigenvalue weighted by molar-refractivity contribution is -0.144. The molecule has 4 aliphatic heterocycles. The van der Waals surface area contributed by atoms with Crippen LogP contribution in [0.15, 0.2) is 0 Å². The van der Waals surface area contributed by atoms with Gasteiger partial charge in [0.1, 0.15) is 24.3 Å². The lowest BCUT2D eigenvalue weighted by Crippen LogP contribution is -2.40. The SMILES string of the molecule is O=C1NOC2C1CNC2C(=O)O.O=C1NOC2C1CNC2C(=O)O. The topological polar surface area (TPSA) is 175 Å². The zero-order chi connectivity index (χ0) is 17.4. The first-order valence-electron chi connectivity index (χ1n) is 7.23. The molecule has 4 heterocycles. The van der Waals surface area contributed by atoms with Gasteiger partial charge in [-0.05, 0) is 0 Å². The first-order chi connectivity index (χ1) is 11.4. The molecule has 12 heteroatoms. The zero-order valence-corrected chi connectivity index (χ0v) is 12.2. The Morgan fingerprint density at radius 3 is 1.54 bits per heavy atom. The number of amides is 2. The van der Waals surface area contributed by atoms with Gasteiger partial charge in [-0.25, -0.2) is 11.0 Å². The van der Waals surface area contributed by atoms with Crippen molar-refractivity contribution < 1.29 is 39.1 Å². The van der Waals surface area contributed by atoms with Gasteiger partial charge in [-0.15, -0.1) is 0 Å². The van der Waals surface area contributed by atoms with Gasteiger partial charge in [0.05, 0.1) is 11.8 Å². The minimum absolute atomic E-state index is 0.240. The van der Waals surface area contributed by atoms with Crippen LogP contribution in [0.3, 0.4) is 0 Å². The van der Waals surface area contributed by atoms with Crippen LogP contribution in [0, 0.1) is 11.8 Å². The van der Waals surface area contributed by atoms with Crippen LogP contribution in [0.5, 0.6) is 0 Å². The molecule has 4 fully saturated rings. The molecule has 4 aliphatic rings. The Balaban J connectivity index is 0.000000141. The van der Waals surface area contributed by atoms with Crippen molar-refractivity contribution in [1.29, 1.82) is 0 Å². The number of carbonyl (C=O) groups is 4. The third-order valence-electron chi connectivity index (χ3n) is 4.36. The highest BCUT2D eigenvalue weighted by molar-refractivity contribution is 5.85. The second kappa shape index (κ2) is 6.32. The molecule has 0 aromatic heterocycles. The summed E-state index contributed by atoms with van der Waals surface area (Å²) in [5.41, 5.74) is 4.33. The normalized spacial score (nSPS) is 39.3. The molecule has 0 aliphatic carbocycles. The quantitative estimate of drug-likeness (QED) is 0.291. The van der Waals surface area contributed by atoms with Crippen LogP contribution in [0.1, 0.15) is 0 Å². The van der Waals surface area contributed by atoms with Gasteiger partial charge in [0.15, 0.2) is 0 Å². The molecule has 4 rings (SSSR count). The standard InChI is InChI=1S/2C6H8N2O4/c2*9-5-2-1-7-3(6(10)11)4(2)12-8-5/h2*2-4,7H,1H2,(H,8,9)(H,10,11). The molecular formula is C12H16N4O8. The summed E-state index contributed by atoms with van der Waals surface area (Å²) in [6, 6.07) is -1.54. The van der Waals surface area contributed by atoms with Gasteiger partial charge in [-0.2, -0.15) is 0 Å². The van der Waals surface area contributed by atoms with E-state index in [4.69, 9.17) is 19.9 Å². The number of rotatable bonds is 2. The molecule has 24 heavy (non-hydrogen) atoms. The number of fused-ring (bicyclic) bond motifs is 2. The predicted octanol–water partition coefficient (Wildman–Crippen LogP) is -3.82. The van der Waals surface area contributed by atoms with Crippen LogP contribution in [0.4, 0.5) is 0 Å². The molecule has 0 bridgehead atoms. The number of nitrogens with one attached hydrogen (secondary N) is 4. The Hall–Kier alpha value is -2.28. The highest BCUT2D eigenvalue weighted by Crippen LogP contribution is 2.23. The fourth-order valence-electron chi connectivity index (χ4n) is 3.08. The summed E-state index contributed by atoms with van der Waals surface area (Å²) in [5, 5.41) is 22.7. The van der Waals surface area contributed by atoms with Crippen molar-refractivity contribution in [3.05, 3.63) is 0 Å². The Bertz CT molecular complexity index is 533. The minimum Gasteiger partial charge on any atom is -0.480 e. The smallest absolute Gasteiger partial charge is 0.323 e. The van der Waals surface area contributed by atoms with E-state index in [9.17, 15) is 19.2 Å². The maximum Gasteiger partial charge on any atom is 0.323 e. The Morgan fingerprint density at radius 1 is 0.833 bits per heavy atom. The van der Waals surface area contributed by atoms with Crippen molar-refractivity contribution in [3.8, 4) is 0 Å². The minimum atomic E-state index is -0.987. The molecule has 0 spiro atoms. The largest absolute Gasteiger partial charge is 0.480 e. The highest BCUT2D eigenvalue weighted by atomic mass is 16.7. The summed E-state index contributed by atoms with van der Waals surface area (Å²) in [4.78, 5) is 52.7. The maximum atomic E-state index is 11.0. The van der Waals surface area contributed by atoms with E-state index in [1.807, 2.05) is 0 Å². The van der Waals surface area contributed by atoms with Gasteiger partial charge >= 0.3 is 11.9 Å². The molecular weight excluding hydrogens is 328 g/mol. The van der Waals surface area contributed by atoms with E-state index in [1.54, 1.807) is 0 Å². The van der Waals surface area contributed by atoms with Crippen molar-refractivity contribution in [3.63, 3.8) is 0 Å². The molecule has 4 saturated heterocycles. The van der Waals surface area contributed by atoms with Crippen molar-refractivity contribution in [2.24, 2.45) is 11.8 Å². The summed E-state index contributed by atoms with van der Waals surface area (Å²) >= 11 is 0. The predicted molar refractivity (Wildman–Crippen MR) is 71.9 cm³/mol. The van der Waals surface area contributed by atoms with Gasteiger partial charge in [0.2, 0.25) is 0 Å². The number of hydrogen-bond donors (Lipinski definition) is 6. The van der Waals surface area contributed by atoms with E-state index >= 15 is 0 Å². The summed E-state index contributed by atoms with van der Waals surface area (Å²) < 4.78 is 0. The average molecular weight is 344 g/mol. The number of aliphatic carboxylic acids is 2. The second-order valence-corrected chi connectivity index (χ2v) is 5.76. The van der Waals surface area contributed by atoms with Crippen LogP contribution in [-0.4, -0.2) is 71.3 Å². The van der Waals surface area contributed by atoms with Crippen molar-refractivity contribution in [1.82, 2.24) is 21.6 Å². The maximum absolute atomic E-state index is 11.0. The summed E-state index contributed by atoms with van der Waals surface area (Å²) in [6.45, 7) is 0.737. The Kier molecular flexibility index (Phi) is 4.36. The second-order valence-electron chi connectivity index (χ2n) is 5.76. The number of carbonyl (C=O) groups excluding carboxylic acids is 2. The average Bonchev–Trinajstić information content (AvgIpc) is 3.24. The van der Waals surface area contributed by atoms with E-state index in [2.05, 4.69) is 21.6 Å². The van der Waals surface area contributed by atoms with E-state index in [1.165, 1.54) is 0 Å². The van der Waals surface area contributed by atoms with Crippen molar-refractivity contribution in [2.75, 3.05) is 13.1 Å². The van der Waals surface area contributed by atoms with Crippen LogP contribution in [0.2, 0.25) is 0 Å². The van der Waals surface area contributed by atoms with Gasteiger partial charge in [0.25, 0.3) is 11.8 Å². The van der Waals surface area contributed by atoms with E-state index in [0.717, 1.165) is 0 Å². The van der Waals surface area contributed by atoms with Crippen LogP contribution in [-0.2, 0) is 28.9 Å². The van der Waals surface area contributed by atoms with Gasteiger partial charge in [-0.3, -0.25) is 28.9 Å². The summed E-state index contributed by atoms with van der Waals surface area (Å²) in [6.07, 6.45) is -1.12. The van der Waals surface area contributed by atoms with Gasteiger partial charge in [-0.1, -0.05) is 0 Å². The molecule has 0 saturated carbocycles. The number of carboxylic acid groups (broad SMARTS) is 2. The van der Waals surface area contributed by atoms with Crippen LogP contribution < -0.4 is 21.6 Å². The molecule has 6 N–H and O–H groups in total. The van der Waals surface area contributed by atoms with E-state index in [-0.39, 0.29) is 23.7 Å². The lowest BCUT2D eigenvalue weighted by Gasteiger charge is -2.10. The molecule has 6 atom stereocenters.